The molecule has 1 nitrogen and oxygen atoms in total. The molecule has 0 bridgehead atoms. The van der Waals surface area contributed by atoms with Gasteiger partial charge in [-0.1, -0.05) is 12.1 Å². The van der Waals surface area contributed by atoms with Crippen LogP contribution in [0, 0.1) is 6.92 Å². The Morgan fingerprint density at radius 3 is 3.09 bits per heavy atom. The number of fused-ring (bicyclic) bond motifs is 1. The van der Waals surface area contributed by atoms with E-state index in [1.807, 2.05) is 6.21 Å². The molecule has 0 saturated carbocycles. The van der Waals surface area contributed by atoms with Crippen LogP contribution in [0.2, 0.25) is 0 Å². The lowest BCUT2D eigenvalue weighted by atomic mass is 10.0. The molecule has 56 valence electrons. The SMILES string of the molecule is Cc1cccc2c1CCC=N2. The summed E-state index contributed by atoms with van der Waals surface area (Å²) in [7, 11) is 0. The van der Waals surface area contributed by atoms with Crippen LogP contribution >= 0.6 is 0 Å². The normalized spacial score (nSPS) is 14.6. The van der Waals surface area contributed by atoms with Crippen molar-refractivity contribution >= 4 is 11.9 Å². The van der Waals surface area contributed by atoms with E-state index in [0.717, 1.165) is 18.5 Å². The van der Waals surface area contributed by atoms with Gasteiger partial charge in [-0.05, 0) is 37.0 Å². The predicted octanol–water partition coefficient (Wildman–Crippen LogP) is 2.64. The molecule has 1 aromatic carbocycles. The Hall–Kier alpha value is -1.11. The molecule has 0 aromatic heterocycles. The van der Waals surface area contributed by atoms with E-state index in [9.17, 15) is 0 Å². The van der Waals surface area contributed by atoms with Crippen molar-refractivity contribution in [1.29, 1.82) is 0 Å². The predicted molar refractivity (Wildman–Crippen MR) is 47.7 cm³/mol. The van der Waals surface area contributed by atoms with Crippen LogP contribution in [-0.2, 0) is 6.42 Å². The Morgan fingerprint density at radius 2 is 2.27 bits per heavy atom. The van der Waals surface area contributed by atoms with Crippen molar-refractivity contribution in [2.45, 2.75) is 19.8 Å². The second-order valence-electron chi connectivity index (χ2n) is 2.92. The van der Waals surface area contributed by atoms with Crippen molar-refractivity contribution in [3.05, 3.63) is 29.3 Å². The topological polar surface area (TPSA) is 12.4 Å². The fraction of sp³-hybridized carbons (Fsp3) is 0.300. The summed E-state index contributed by atoms with van der Waals surface area (Å²) in [6, 6.07) is 6.30. The van der Waals surface area contributed by atoms with Gasteiger partial charge in [0.2, 0.25) is 0 Å². The summed E-state index contributed by atoms with van der Waals surface area (Å²) in [5.41, 5.74) is 3.96. The van der Waals surface area contributed by atoms with Crippen LogP contribution in [0.3, 0.4) is 0 Å². The number of aryl methyl sites for hydroxylation is 1. The van der Waals surface area contributed by atoms with Crippen molar-refractivity contribution in [1.82, 2.24) is 0 Å². The second kappa shape index (κ2) is 2.50. The Labute approximate surface area is 66.8 Å². The van der Waals surface area contributed by atoms with E-state index in [4.69, 9.17) is 0 Å². The molecule has 0 aliphatic carbocycles. The highest BCUT2D eigenvalue weighted by molar-refractivity contribution is 5.69. The first-order valence-corrected chi connectivity index (χ1v) is 3.99. The summed E-state index contributed by atoms with van der Waals surface area (Å²) < 4.78 is 0. The number of rotatable bonds is 0. The maximum Gasteiger partial charge on any atom is 0.0660 e. The van der Waals surface area contributed by atoms with Crippen LogP contribution in [0.4, 0.5) is 5.69 Å². The highest BCUT2D eigenvalue weighted by Crippen LogP contribution is 2.25. The molecule has 0 amide bonds. The van der Waals surface area contributed by atoms with Gasteiger partial charge in [0.05, 0.1) is 5.69 Å². The van der Waals surface area contributed by atoms with E-state index in [-0.39, 0.29) is 0 Å². The van der Waals surface area contributed by atoms with Gasteiger partial charge in [-0.3, -0.25) is 4.99 Å². The minimum absolute atomic E-state index is 1.10. The summed E-state index contributed by atoms with van der Waals surface area (Å²) in [4.78, 5) is 4.33. The molecule has 1 aromatic rings. The molecule has 1 heteroatoms. The fourth-order valence-corrected chi connectivity index (χ4v) is 1.50. The van der Waals surface area contributed by atoms with E-state index < -0.39 is 0 Å². The molecule has 2 rings (SSSR count). The Kier molecular flexibility index (Phi) is 1.50. The van der Waals surface area contributed by atoms with Crippen LogP contribution in [0.1, 0.15) is 17.5 Å². The fourth-order valence-electron chi connectivity index (χ4n) is 1.50. The molecule has 0 unspecified atom stereocenters. The van der Waals surface area contributed by atoms with Gasteiger partial charge >= 0.3 is 0 Å². The number of hydrogen-bond donors (Lipinski definition) is 0. The van der Waals surface area contributed by atoms with Gasteiger partial charge in [-0.25, -0.2) is 0 Å². The number of aliphatic imine (C=N–C) groups is 1. The number of hydrogen-bond acceptors (Lipinski definition) is 1. The lowest BCUT2D eigenvalue weighted by molar-refractivity contribution is 1.01. The molecule has 0 spiro atoms. The minimum Gasteiger partial charge on any atom is -0.261 e. The van der Waals surface area contributed by atoms with Crippen molar-refractivity contribution in [2.24, 2.45) is 4.99 Å². The summed E-state index contributed by atoms with van der Waals surface area (Å²) in [6.07, 6.45) is 4.26. The van der Waals surface area contributed by atoms with Crippen LogP contribution in [-0.4, -0.2) is 6.21 Å². The first-order valence-electron chi connectivity index (χ1n) is 3.99. The molecule has 0 fully saturated rings. The van der Waals surface area contributed by atoms with Gasteiger partial charge in [-0.15, -0.1) is 0 Å². The number of nitrogens with zero attached hydrogens (tertiary/aromatic N) is 1. The average molecular weight is 145 g/mol. The van der Waals surface area contributed by atoms with Gasteiger partial charge in [0, 0.05) is 6.21 Å². The quantitative estimate of drug-likeness (QED) is 0.532. The smallest absolute Gasteiger partial charge is 0.0660 e. The highest BCUT2D eigenvalue weighted by Gasteiger charge is 2.06. The van der Waals surface area contributed by atoms with E-state index in [0.29, 0.717) is 0 Å². The van der Waals surface area contributed by atoms with Gasteiger partial charge in [-0.2, -0.15) is 0 Å². The summed E-state index contributed by atoms with van der Waals surface area (Å²) in [6.45, 7) is 2.15. The zero-order valence-electron chi connectivity index (χ0n) is 6.67. The van der Waals surface area contributed by atoms with Gasteiger partial charge < -0.3 is 0 Å². The third-order valence-corrected chi connectivity index (χ3v) is 2.14. The van der Waals surface area contributed by atoms with Gasteiger partial charge in [0.15, 0.2) is 0 Å². The average Bonchev–Trinajstić information content (AvgIpc) is 2.06. The van der Waals surface area contributed by atoms with Crippen LogP contribution in [0.25, 0.3) is 0 Å². The van der Waals surface area contributed by atoms with Crippen LogP contribution in [0.5, 0.6) is 0 Å². The summed E-state index contributed by atoms with van der Waals surface area (Å²) in [5, 5.41) is 0. The van der Waals surface area contributed by atoms with E-state index >= 15 is 0 Å². The van der Waals surface area contributed by atoms with Gasteiger partial charge in [0.1, 0.15) is 0 Å². The standard InChI is InChI=1S/C10H11N/c1-8-4-2-6-10-9(8)5-3-7-11-10/h2,4,6-7H,3,5H2,1H3. The molecule has 11 heavy (non-hydrogen) atoms. The Morgan fingerprint density at radius 1 is 1.36 bits per heavy atom. The highest BCUT2D eigenvalue weighted by atomic mass is 14.7. The largest absolute Gasteiger partial charge is 0.261 e. The van der Waals surface area contributed by atoms with Crippen molar-refractivity contribution in [2.75, 3.05) is 0 Å². The second-order valence-corrected chi connectivity index (χ2v) is 2.92. The monoisotopic (exact) mass is 145 g/mol. The third-order valence-electron chi connectivity index (χ3n) is 2.14. The summed E-state index contributed by atoms with van der Waals surface area (Å²) >= 11 is 0. The summed E-state index contributed by atoms with van der Waals surface area (Å²) in [5.74, 6) is 0. The van der Waals surface area contributed by atoms with Gasteiger partial charge in [0.25, 0.3) is 0 Å². The Bertz CT molecular complexity index is 300. The van der Waals surface area contributed by atoms with Crippen LogP contribution in [0.15, 0.2) is 23.2 Å². The first-order chi connectivity index (χ1) is 5.38. The Balaban J connectivity index is 2.60. The maximum absolute atomic E-state index is 4.33. The zero-order valence-corrected chi connectivity index (χ0v) is 6.67. The molecular weight excluding hydrogens is 134 g/mol. The van der Waals surface area contributed by atoms with Crippen molar-refractivity contribution in [3.8, 4) is 0 Å². The molecule has 0 atom stereocenters. The lowest BCUT2D eigenvalue weighted by Gasteiger charge is -2.11. The molecule has 0 N–H and O–H groups in total. The van der Waals surface area contributed by atoms with Crippen molar-refractivity contribution in [3.63, 3.8) is 0 Å². The molecule has 0 saturated heterocycles. The molecule has 0 radical (unpaired) electrons. The van der Waals surface area contributed by atoms with E-state index in [1.54, 1.807) is 0 Å². The maximum atomic E-state index is 4.33. The zero-order chi connectivity index (χ0) is 7.68. The van der Waals surface area contributed by atoms with Crippen LogP contribution < -0.4 is 0 Å². The minimum atomic E-state index is 1.10. The molecule has 1 heterocycles. The van der Waals surface area contributed by atoms with E-state index in [2.05, 4.69) is 30.1 Å². The lowest BCUT2D eigenvalue weighted by Crippen LogP contribution is -1.95. The van der Waals surface area contributed by atoms with E-state index in [1.165, 1.54) is 11.1 Å². The first kappa shape index (κ1) is 6.59. The molecule has 1 aliphatic rings. The van der Waals surface area contributed by atoms with Crippen molar-refractivity contribution < 1.29 is 0 Å². The third kappa shape index (κ3) is 1.07. The molecular formula is C10H11N. The molecule has 1 aliphatic heterocycles. The number of benzene rings is 1.